The number of piperazine rings is 1. The molecule has 6 nitrogen and oxygen atoms in total. The van der Waals surface area contributed by atoms with Gasteiger partial charge in [-0.3, -0.25) is 9.78 Å². The van der Waals surface area contributed by atoms with E-state index in [0.29, 0.717) is 17.9 Å². The first-order valence-corrected chi connectivity index (χ1v) is 9.25. The minimum absolute atomic E-state index is 0.0273. The van der Waals surface area contributed by atoms with Gasteiger partial charge in [-0.15, -0.1) is 0 Å². The van der Waals surface area contributed by atoms with E-state index in [2.05, 4.69) is 46.6 Å². The molecule has 138 valence electrons. The van der Waals surface area contributed by atoms with Gasteiger partial charge in [-0.1, -0.05) is 42.4 Å². The second-order valence-electron chi connectivity index (χ2n) is 6.60. The first kappa shape index (κ1) is 17.4. The number of benzene rings is 1. The molecule has 1 aromatic carbocycles. The summed E-state index contributed by atoms with van der Waals surface area (Å²) < 4.78 is 5.35. The Kier molecular flexibility index (Phi) is 4.98. The monoisotopic (exact) mass is 362 g/mol. The molecule has 1 saturated heterocycles. The Morgan fingerprint density at radius 2 is 2.07 bits per heavy atom. The lowest BCUT2D eigenvalue weighted by molar-refractivity contribution is 0.0592. The number of amides is 1. The van der Waals surface area contributed by atoms with E-state index in [0.717, 1.165) is 25.1 Å². The third-order valence-electron chi connectivity index (χ3n) is 4.93. The first-order valence-electron chi connectivity index (χ1n) is 9.25. The van der Waals surface area contributed by atoms with Crippen molar-refractivity contribution in [1.29, 1.82) is 0 Å². The number of aromatic nitrogens is 2. The Labute approximate surface area is 158 Å². The molecule has 3 heterocycles. The van der Waals surface area contributed by atoms with Gasteiger partial charge in [0.15, 0.2) is 0 Å². The molecular formula is C21H22N4O2. The number of carbonyl (C=O) groups is 1. The maximum absolute atomic E-state index is 13.1. The lowest BCUT2D eigenvalue weighted by Crippen LogP contribution is -2.48. The molecule has 2 aromatic heterocycles. The van der Waals surface area contributed by atoms with E-state index in [-0.39, 0.29) is 17.7 Å². The number of nitrogens with zero attached hydrogens (tertiary/aromatic N) is 3. The smallest absolute Gasteiger partial charge is 0.293 e. The zero-order valence-corrected chi connectivity index (χ0v) is 15.3. The van der Waals surface area contributed by atoms with Crippen LogP contribution in [-0.2, 0) is 6.42 Å². The van der Waals surface area contributed by atoms with Crippen LogP contribution in [0.1, 0.15) is 34.6 Å². The Balaban J connectivity index is 1.58. The van der Waals surface area contributed by atoms with Gasteiger partial charge in [-0.25, -0.2) is 0 Å². The zero-order chi connectivity index (χ0) is 18.6. The lowest BCUT2D eigenvalue weighted by Gasteiger charge is -2.36. The fourth-order valence-electron chi connectivity index (χ4n) is 3.37. The SMILES string of the molecule is CCc1ccc(C2CNCCN2C(=O)c2cc(-c3ccccn3)no2)cc1. The molecule has 1 fully saturated rings. The van der Waals surface area contributed by atoms with Crippen molar-refractivity contribution in [1.82, 2.24) is 20.4 Å². The molecule has 1 aliphatic rings. The highest BCUT2D eigenvalue weighted by atomic mass is 16.5. The first-order chi connectivity index (χ1) is 13.3. The Morgan fingerprint density at radius 3 is 2.81 bits per heavy atom. The van der Waals surface area contributed by atoms with Crippen LogP contribution in [0.2, 0.25) is 0 Å². The van der Waals surface area contributed by atoms with Gasteiger partial charge in [0.2, 0.25) is 5.76 Å². The summed E-state index contributed by atoms with van der Waals surface area (Å²) in [5.41, 5.74) is 3.66. The Bertz CT molecular complexity index is 905. The fourth-order valence-corrected chi connectivity index (χ4v) is 3.37. The summed E-state index contributed by atoms with van der Waals surface area (Å²) in [6, 6.07) is 15.7. The van der Waals surface area contributed by atoms with Crippen LogP contribution in [0, 0.1) is 0 Å². The minimum atomic E-state index is -0.143. The highest BCUT2D eigenvalue weighted by Crippen LogP contribution is 2.26. The standard InChI is InChI=1S/C21H22N4O2/c1-2-15-6-8-16(9-7-15)19-14-22-11-12-25(19)21(26)20-13-18(24-27-20)17-5-3-4-10-23-17/h3-10,13,19,22H,2,11-12,14H2,1H3. The number of carbonyl (C=O) groups excluding carboxylic acids is 1. The van der Waals surface area contributed by atoms with E-state index in [4.69, 9.17) is 4.52 Å². The number of aryl methyl sites for hydroxylation is 1. The van der Waals surface area contributed by atoms with Gasteiger partial charge >= 0.3 is 0 Å². The highest BCUT2D eigenvalue weighted by Gasteiger charge is 2.31. The molecule has 1 aliphatic heterocycles. The zero-order valence-electron chi connectivity index (χ0n) is 15.3. The van der Waals surface area contributed by atoms with Crippen molar-refractivity contribution in [2.24, 2.45) is 0 Å². The van der Waals surface area contributed by atoms with Crippen molar-refractivity contribution < 1.29 is 9.32 Å². The molecule has 0 radical (unpaired) electrons. The summed E-state index contributed by atoms with van der Waals surface area (Å²) in [4.78, 5) is 19.2. The average Bonchev–Trinajstić information content (AvgIpc) is 3.24. The lowest BCUT2D eigenvalue weighted by atomic mass is 10.0. The second kappa shape index (κ2) is 7.72. The van der Waals surface area contributed by atoms with Gasteiger partial charge in [-0.2, -0.15) is 0 Å². The van der Waals surface area contributed by atoms with Crippen molar-refractivity contribution >= 4 is 5.91 Å². The minimum Gasteiger partial charge on any atom is -0.350 e. The number of rotatable bonds is 4. The Morgan fingerprint density at radius 1 is 1.22 bits per heavy atom. The third-order valence-corrected chi connectivity index (χ3v) is 4.93. The quantitative estimate of drug-likeness (QED) is 0.772. The summed E-state index contributed by atoms with van der Waals surface area (Å²) in [7, 11) is 0. The van der Waals surface area contributed by atoms with Crippen LogP contribution in [0.4, 0.5) is 0 Å². The molecular weight excluding hydrogens is 340 g/mol. The average molecular weight is 362 g/mol. The summed E-state index contributed by atoms with van der Waals surface area (Å²) in [5.74, 6) is 0.100. The summed E-state index contributed by atoms with van der Waals surface area (Å²) >= 11 is 0. The number of hydrogen-bond acceptors (Lipinski definition) is 5. The number of pyridine rings is 1. The molecule has 27 heavy (non-hydrogen) atoms. The van der Waals surface area contributed by atoms with Crippen molar-refractivity contribution in [2.45, 2.75) is 19.4 Å². The largest absolute Gasteiger partial charge is 0.350 e. The van der Waals surface area contributed by atoms with E-state index in [1.165, 1.54) is 5.56 Å². The highest BCUT2D eigenvalue weighted by molar-refractivity contribution is 5.92. The summed E-state index contributed by atoms with van der Waals surface area (Å²) in [6.07, 6.45) is 2.69. The van der Waals surface area contributed by atoms with Gasteiger partial charge in [0.1, 0.15) is 5.69 Å². The molecule has 0 saturated carbocycles. The number of nitrogens with one attached hydrogen (secondary N) is 1. The van der Waals surface area contributed by atoms with Crippen LogP contribution in [0.25, 0.3) is 11.4 Å². The molecule has 1 atom stereocenters. The molecule has 0 bridgehead atoms. The molecule has 0 spiro atoms. The molecule has 0 aliphatic carbocycles. The predicted molar refractivity (Wildman–Crippen MR) is 102 cm³/mol. The maximum Gasteiger partial charge on any atom is 0.293 e. The summed E-state index contributed by atoms with van der Waals surface area (Å²) in [6.45, 7) is 4.24. The molecule has 6 heteroatoms. The van der Waals surface area contributed by atoms with Crippen LogP contribution >= 0.6 is 0 Å². The van der Waals surface area contributed by atoms with E-state index in [9.17, 15) is 4.79 Å². The van der Waals surface area contributed by atoms with Gasteiger partial charge in [0.05, 0.1) is 11.7 Å². The van der Waals surface area contributed by atoms with E-state index < -0.39 is 0 Å². The molecule has 3 aromatic rings. The van der Waals surface area contributed by atoms with Gasteiger partial charge < -0.3 is 14.7 Å². The predicted octanol–water partition coefficient (Wildman–Crippen LogP) is 3.09. The van der Waals surface area contributed by atoms with Crippen LogP contribution in [0.5, 0.6) is 0 Å². The number of hydrogen-bond donors (Lipinski definition) is 1. The van der Waals surface area contributed by atoms with E-state index in [1.54, 1.807) is 12.3 Å². The molecule has 1 amide bonds. The van der Waals surface area contributed by atoms with Gasteiger partial charge in [0, 0.05) is 31.9 Å². The second-order valence-corrected chi connectivity index (χ2v) is 6.60. The van der Waals surface area contributed by atoms with Crippen LogP contribution in [0.15, 0.2) is 59.3 Å². The normalized spacial score (nSPS) is 17.1. The maximum atomic E-state index is 13.1. The van der Waals surface area contributed by atoms with Crippen molar-refractivity contribution in [3.63, 3.8) is 0 Å². The molecule has 4 rings (SSSR count). The van der Waals surface area contributed by atoms with Crippen molar-refractivity contribution in [3.05, 3.63) is 71.6 Å². The van der Waals surface area contributed by atoms with Gasteiger partial charge in [-0.05, 0) is 29.7 Å². The molecule has 1 unspecified atom stereocenters. The van der Waals surface area contributed by atoms with E-state index in [1.807, 2.05) is 23.1 Å². The van der Waals surface area contributed by atoms with Crippen LogP contribution in [0.3, 0.4) is 0 Å². The third kappa shape index (κ3) is 3.61. The van der Waals surface area contributed by atoms with Crippen molar-refractivity contribution in [3.8, 4) is 11.4 Å². The van der Waals surface area contributed by atoms with Gasteiger partial charge in [0.25, 0.3) is 5.91 Å². The van der Waals surface area contributed by atoms with Crippen LogP contribution < -0.4 is 5.32 Å². The summed E-state index contributed by atoms with van der Waals surface area (Å²) in [5, 5.41) is 7.40. The fraction of sp³-hybridized carbons (Fsp3) is 0.286. The Hall–Kier alpha value is -2.99. The van der Waals surface area contributed by atoms with Crippen LogP contribution in [-0.4, -0.2) is 40.6 Å². The topological polar surface area (TPSA) is 71.3 Å². The molecule has 1 N–H and O–H groups in total. The van der Waals surface area contributed by atoms with Crippen molar-refractivity contribution in [2.75, 3.05) is 19.6 Å². The van der Waals surface area contributed by atoms with E-state index >= 15 is 0 Å².